The van der Waals surface area contributed by atoms with Gasteiger partial charge in [-0.15, -0.1) is 0 Å². The molecule has 4 rings (SSSR count). The number of benzene rings is 3. The highest BCUT2D eigenvalue weighted by Crippen LogP contribution is 2.32. The van der Waals surface area contributed by atoms with Gasteiger partial charge in [0.25, 0.3) is 0 Å². The van der Waals surface area contributed by atoms with Gasteiger partial charge in [-0.1, -0.05) is 54.1 Å². The summed E-state index contributed by atoms with van der Waals surface area (Å²) >= 11 is 0. The number of anilines is 1. The molecule has 4 heteroatoms. The van der Waals surface area contributed by atoms with Crippen LogP contribution in [0.5, 0.6) is 0 Å². The molecular formula is C28H31FN2O. The summed E-state index contributed by atoms with van der Waals surface area (Å²) < 4.78 is 13.2. The fourth-order valence-electron chi connectivity index (χ4n) is 4.61. The van der Waals surface area contributed by atoms with Gasteiger partial charge in [0.05, 0.1) is 6.54 Å². The summed E-state index contributed by atoms with van der Waals surface area (Å²) in [5.74, 6) is 0.356. The smallest absolute Gasteiger partial charge is 0.224 e. The van der Waals surface area contributed by atoms with Crippen LogP contribution in [0, 0.1) is 12.7 Å². The molecule has 1 fully saturated rings. The summed E-state index contributed by atoms with van der Waals surface area (Å²) in [6, 6.07) is 23.5. The summed E-state index contributed by atoms with van der Waals surface area (Å²) in [7, 11) is 0. The van der Waals surface area contributed by atoms with Crippen LogP contribution in [0.1, 0.15) is 47.9 Å². The molecule has 0 saturated carbocycles. The summed E-state index contributed by atoms with van der Waals surface area (Å²) in [5, 5.41) is 0. The van der Waals surface area contributed by atoms with Crippen LogP contribution in [0.25, 0.3) is 0 Å². The number of likely N-dealkylation sites (tertiary alicyclic amines) is 1. The average molecular weight is 431 g/mol. The van der Waals surface area contributed by atoms with E-state index in [-0.39, 0.29) is 11.7 Å². The van der Waals surface area contributed by atoms with Crippen LogP contribution in [0.3, 0.4) is 0 Å². The second kappa shape index (κ2) is 10.1. The number of halogens is 1. The predicted octanol–water partition coefficient (Wildman–Crippen LogP) is 6.07. The molecule has 0 atom stereocenters. The monoisotopic (exact) mass is 430 g/mol. The van der Waals surface area contributed by atoms with Crippen LogP contribution in [0.15, 0.2) is 72.8 Å². The van der Waals surface area contributed by atoms with Gasteiger partial charge in [-0.3, -0.25) is 9.69 Å². The number of amides is 1. The van der Waals surface area contributed by atoms with Gasteiger partial charge >= 0.3 is 0 Å². The van der Waals surface area contributed by atoms with Crippen molar-refractivity contribution in [3.63, 3.8) is 0 Å². The molecule has 3 nitrogen and oxygen atoms in total. The summed E-state index contributed by atoms with van der Waals surface area (Å²) in [4.78, 5) is 16.8. The largest absolute Gasteiger partial charge is 0.308 e. The number of carbonyl (C=O) groups is 1. The maximum atomic E-state index is 13.2. The van der Waals surface area contributed by atoms with Crippen molar-refractivity contribution in [1.82, 2.24) is 4.90 Å². The van der Waals surface area contributed by atoms with Gasteiger partial charge in [-0.25, -0.2) is 4.39 Å². The third-order valence-electron chi connectivity index (χ3n) is 6.46. The molecule has 0 aromatic heterocycles. The number of nitrogens with zero attached hydrogens (tertiary/aromatic N) is 2. The van der Waals surface area contributed by atoms with Gasteiger partial charge in [-0.05, 0) is 79.7 Å². The Labute approximate surface area is 190 Å². The molecule has 0 unspecified atom stereocenters. The van der Waals surface area contributed by atoms with Gasteiger partial charge in [0.1, 0.15) is 5.82 Å². The van der Waals surface area contributed by atoms with Gasteiger partial charge in [0.2, 0.25) is 5.91 Å². The number of rotatable bonds is 6. The first-order chi connectivity index (χ1) is 15.5. The Hall–Kier alpha value is -2.98. The molecule has 1 saturated heterocycles. The lowest BCUT2D eigenvalue weighted by molar-refractivity contribution is -0.116. The third kappa shape index (κ3) is 5.43. The van der Waals surface area contributed by atoms with E-state index in [4.69, 9.17) is 0 Å². The van der Waals surface area contributed by atoms with E-state index in [0.29, 0.717) is 12.5 Å². The Balaban J connectivity index is 1.44. The molecule has 166 valence electrons. The number of hydrogen-bond donors (Lipinski definition) is 0. The van der Waals surface area contributed by atoms with Crippen molar-refractivity contribution < 1.29 is 9.18 Å². The quantitative estimate of drug-likeness (QED) is 0.474. The van der Waals surface area contributed by atoms with E-state index in [9.17, 15) is 9.18 Å². The molecule has 1 aliphatic heterocycles. The Morgan fingerprint density at radius 2 is 1.62 bits per heavy atom. The minimum absolute atomic E-state index is 0.0535. The van der Waals surface area contributed by atoms with Crippen molar-refractivity contribution in [3.05, 3.63) is 101 Å². The Morgan fingerprint density at radius 1 is 0.969 bits per heavy atom. The second-order valence-corrected chi connectivity index (χ2v) is 8.82. The van der Waals surface area contributed by atoms with Crippen LogP contribution in [0.2, 0.25) is 0 Å². The van der Waals surface area contributed by atoms with Crippen molar-refractivity contribution in [3.8, 4) is 0 Å². The summed E-state index contributed by atoms with van der Waals surface area (Å²) in [5.41, 5.74) is 5.85. The van der Waals surface area contributed by atoms with Crippen LogP contribution in [-0.4, -0.2) is 23.9 Å². The average Bonchev–Trinajstić information content (AvgIpc) is 2.80. The molecule has 0 N–H and O–H groups in total. The lowest BCUT2D eigenvalue weighted by atomic mass is 9.86. The van der Waals surface area contributed by atoms with Gasteiger partial charge in [0.15, 0.2) is 0 Å². The number of piperidine rings is 1. The molecule has 0 bridgehead atoms. The molecule has 0 radical (unpaired) electrons. The van der Waals surface area contributed by atoms with Gasteiger partial charge in [-0.2, -0.15) is 0 Å². The highest BCUT2D eigenvalue weighted by Gasteiger charge is 2.24. The first kappa shape index (κ1) is 22.2. The standard InChI is InChI=1S/C28H31FN2O/c1-21-7-13-27(14-8-21)31(22(2)32)20-25-5-3-4-6-28(25)24-15-17-30(18-16-24)19-23-9-11-26(29)12-10-23/h3-14,24H,15-20H2,1-2H3. The normalized spacial score (nSPS) is 15.0. The Kier molecular flexibility index (Phi) is 7.01. The molecule has 0 aliphatic carbocycles. The molecular weight excluding hydrogens is 399 g/mol. The molecule has 1 heterocycles. The fourth-order valence-corrected chi connectivity index (χ4v) is 4.61. The van der Waals surface area contributed by atoms with E-state index in [1.807, 2.05) is 41.3 Å². The minimum atomic E-state index is -0.186. The zero-order chi connectivity index (χ0) is 22.5. The van der Waals surface area contributed by atoms with Crippen LogP contribution < -0.4 is 4.90 Å². The molecule has 32 heavy (non-hydrogen) atoms. The van der Waals surface area contributed by atoms with E-state index in [0.717, 1.165) is 43.7 Å². The van der Waals surface area contributed by atoms with Gasteiger partial charge < -0.3 is 4.90 Å². The van der Waals surface area contributed by atoms with Crippen LogP contribution in [0.4, 0.5) is 10.1 Å². The predicted molar refractivity (Wildman–Crippen MR) is 128 cm³/mol. The number of hydrogen-bond acceptors (Lipinski definition) is 2. The van der Waals surface area contributed by atoms with Crippen LogP contribution >= 0.6 is 0 Å². The van der Waals surface area contributed by atoms with E-state index < -0.39 is 0 Å². The number of carbonyl (C=O) groups excluding carboxylic acids is 1. The second-order valence-electron chi connectivity index (χ2n) is 8.82. The molecule has 1 aliphatic rings. The highest BCUT2D eigenvalue weighted by atomic mass is 19.1. The van der Waals surface area contributed by atoms with Crippen molar-refractivity contribution in [2.45, 2.75) is 45.7 Å². The van der Waals surface area contributed by atoms with Gasteiger partial charge in [0, 0.05) is 19.2 Å². The van der Waals surface area contributed by atoms with Crippen molar-refractivity contribution in [2.75, 3.05) is 18.0 Å². The Morgan fingerprint density at radius 3 is 2.28 bits per heavy atom. The summed E-state index contributed by atoms with van der Waals surface area (Å²) in [6.45, 7) is 7.18. The third-order valence-corrected chi connectivity index (χ3v) is 6.46. The first-order valence-electron chi connectivity index (χ1n) is 11.4. The molecule has 3 aromatic rings. The number of aryl methyl sites for hydroxylation is 1. The van der Waals surface area contributed by atoms with Crippen molar-refractivity contribution >= 4 is 11.6 Å². The lowest BCUT2D eigenvalue weighted by Gasteiger charge is -2.33. The fraction of sp³-hybridized carbons (Fsp3) is 0.321. The topological polar surface area (TPSA) is 23.6 Å². The highest BCUT2D eigenvalue weighted by molar-refractivity contribution is 5.91. The van der Waals surface area contributed by atoms with Crippen molar-refractivity contribution in [2.24, 2.45) is 0 Å². The zero-order valence-electron chi connectivity index (χ0n) is 18.9. The van der Waals surface area contributed by atoms with E-state index in [1.54, 1.807) is 6.92 Å². The van der Waals surface area contributed by atoms with Crippen LogP contribution in [-0.2, 0) is 17.9 Å². The molecule has 3 aromatic carbocycles. The first-order valence-corrected chi connectivity index (χ1v) is 11.4. The lowest BCUT2D eigenvalue weighted by Crippen LogP contribution is -2.33. The SMILES string of the molecule is CC(=O)N(Cc1ccccc1C1CCN(Cc2ccc(F)cc2)CC1)c1ccc(C)cc1. The van der Waals surface area contributed by atoms with E-state index >= 15 is 0 Å². The maximum absolute atomic E-state index is 13.2. The zero-order valence-corrected chi connectivity index (χ0v) is 18.9. The minimum Gasteiger partial charge on any atom is -0.308 e. The van der Waals surface area contributed by atoms with Crippen molar-refractivity contribution in [1.29, 1.82) is 0 Å². The molecule has 1 amide bonds. The maximum Gasteiger partial charge on any atom is 0.224 e. The Bertz CT molecular complexity index is 1040. The molecule has 0 spiro atoms. The van der Waals surface area contributed by atoms with E-state index in [1.165, 1.54) is 28.8 Å². The summed E-state index contributed by atoms with van der Waals surface area (Å²) in [6.07, 6.45) is 2.17. The van der Waals surface area contributed by atoms with E-state index in [2.05, 4.69) is 36.1 Å².